The number of fused-ring (bicyclic) bond motifs is 1. The molecule has 3 rings (SSSR count). The molecule has 35 heavy (non-hydrogen) atoms. The molecule has 0 saturated carbocycles. The Morgan fingerprint density at radius 3 is 2.71 bits per heavy atom. The fraction of sp³-hybridized carbons (Fsp3) is 0.393. The van der Waals surface area contributed by atoms with Crippen LogP contribution in [0.4, 0.5) is 0 Å². The summed E-state index contributed by atoms with van der Waals surface area (Å²) in [4.78, 5) is 18.1. The normalized spacial score (nSPS) is 12.3. The molecular formula is C28H34BrN3O3. The molecule has 6 nitrogen and oxygen atoms in total. The van der Waals surface area contributed by atoms with Crippen molar-refractivity contribution in [2.24, 2.45) is 5.10 Å². The highest BCUT2D eigenvalue weighted by Crippen LogP contribution is 2.34. The van der Waals surface area contributed by atoms with Gasteiger partial charge in [0.05, 0.1) is 29.8 Å². The van der Waals surface area contributed by atoms with Crippen molar-refractivity contribution < 1.29 is 9.47 Å². The predicted molar refractivity (Wildman–Crippen MR) is 147 cm³/mol. The molecule has 0 amide bonds. The lowest BCUT2D eigenvalue weighted by atomic mass is 10.1. The Balaban J connectivity index is 2.12. The fourth-order valence-electron chi connectivity index (χ4n) is 3.68. The molecule has 1 aromatic heterocycles. The van der Waals surface area contributed by atoms with Crippen molar-refractivity contribution in [2.45, 2.75) is 65.9 Å². The van der Waals surface area contributed by atoms with Crippen LogP contribution >= 0.6 is 15.9 Å². The zero-order valence-electron chi connectivity index (χ0n) is 21.0. The van der Waals surface area contributed by atoms with Crippen molar-refractivity contribution in [3.8, 4) is 11.5 Å². The van der Waals surface area contributed by atoms with Crippen LogP contribution in [0, 0.1) is 0 Å². The average molecular weight is 541 g/mol. The van der Waals surface area contributed by atoms with Crippen LogP contribution in [0.2, 0.25) is 0 Å². The smallest absolute Gasteiger partial charge is 0.282 e. The van der Waals surface area contributed by atoms with E-state index in [1.54, 1.807) is 12.3 Å². The number of allylic oxidation sites excluding steroid dienone is 1. The SMILES string of the molecule is C=CCc1cc(C=Nn2c(CCCC)nc3ccc(Br)cc3c2=O)cc(OCC)c1O[C@H](C)CC. The van der Waals surface area contributed by atoms with Gasteiger partial charge in [0.1, 0.15) is 5.82 Å². The summed E-state index contributed by atoms with van der Waals surface area (Å²) < 4.78 is 14.4. The first kappa shape index (κ1) is 26.7. The highest BCUT2D eigenvalue weighted by atomic mass is 79.9. The molecule has 0 saturated heterocycles. The minimum Gasteiger partial charge on any atom is -0.490 e. The molecule has 1 heterocycles. The van der Waals surface area contributed by atoms with Crippen LogP contribution < -0.4 is 15.0 Å². The molecule has 0 N–H and O–H groups in total. The van der Waals surface area contributed by atoms with E-state index in [4.69, 9.17) is 14.5 Å². The molecule has 0 aliphatic heterocycles. The number of aromatic nitrogens is 2. The first-order chi connectivity index (χ1) is 16.9. The van der Waals surface area contributed by atoms with E-state index >= 15 is 0 Å². The Bertz CT molecular complexity index is 1270. The van der Waals surface area contributed by atoms with Gasteiger partial charge in [-0.3, -0.25) is 4.79 Å². The van der Waals surface area contributed by atoms with E-state index in [0.29, 0.717) is 41.9 Å². The number of halogens is 1. The summed E-state index contributed by atoms with van der Waals surface area (Å²) >= 11 is 3.45. The topological polar surface area (TPSA) is 65.7 Å². The van der Waals surface area contributed by atoms with Crippen LogP contribution in [-0.4, -0.2) is 28.6 Å². The van der Waals surface area contributed by atoms with Crippen molar-refractivity contribution in [2.75, 3.05) is 6.61 Å². The number of benzene rings is 2. The Kier molecular flexibility index (Phi) is 9.66. The van der Waals surface area contributed by atoms with E-state index in [1.807, 2.05) is 44.2 Å². The number of nitrogens with zero attached hydrogens (tertiary/aromatic N) is 3. The Hall–Kier alpha value is -2.93. The maximum absolute atomic E-state index is 13.4. The minimum atomic E-state index is -0.188. The number of hydrogen-bond donors (Lipinski definition) is 0. The summed E-state index contributed by atoms with van der Waals surface area (Å²) in [6.45, 7) is 12.6. The van der Waals surface area contributed by atoms with E-state index in [-0.39, 0.29) is 11.7 Å². The molecular weight excluding hydrogens is 506 g/mol. The zero-order valence-corrected chi connectivity index (χ0v) is 22.6. The quantitative estimate of drug-likeness (QED) is 0.190. The monoisotopic (exact) mass is 539 g/mol. The lowest BCUT2D eigenvalue weighted by Gasteiger charge is -2.20. The second-order valence-electron chi connectivity index (χ2n) is 8.42. The molecule has 0 aliphatic carbocycles. The largest absolute Gasteiger partial charge is 0.490 e. The molecule has 7 heteroatoms. The van der Waals surface area contributed by atoms with Gasteiger partial charge in [0.15, 0.2) is 11.5 Å². The van der Waals surface area contributed by atoms with Gasteiger partial charge in [-0.2, -0.15) is 9.78 Å². The summed E-state index contributed by atoms with van der Waals surface area (Å²) in [5.41, 5.74) is 2.26. The Morgan fingerprint density at radius 1 is 1.23 bits per heavy atom. The van der Waals surface area contributed by atoms with Crippen molar-refractivity contribution in [3.05, 3.63) is 74.8 Å². The second kappa shape index (κ2) is 12.7. The van der Waals surface area contributed by atoms with Gasteiger partial charge in [-0.15, -0.1) is 6.58 Å². The van der Waals surface area contributed by atoms with Crippen LogP contribution in [0.1, 0.15) is 63.9 Å². The highest BCUT2D eigenvalue weighted by molar-refractivity contribution is 9.10. The number of ether oxygens (including phenoxy) is 2. The Morgan fingerprint density at radius 2 is 2.03 bits per heavy atom. The molecule has 3 aromatic rings. The van der Waals surface area contributed by atoms with Crippen molar-refractivity contribution in [1.82, 2.24) is 9.66 Å². The molecule has 1 atom stereocenters. The molecule has 0 fully saturated rings. The van der Waals surface area contributed by atoms with Gasteiger partial charge in [-0.1, -0.05) is 42.3 Å². The van der Waals surface area contributed by atoms with Crippen LogP contribution in [0.5, 0.6) is 11.5 Å². The third-order valence-electron chi connectivity index (χ3n) is 5.66. The molecule has 0 spiro atoms. The zero-order chi connectivity index (χ0) is 25.4. The van der Waals surface area contributed by atoms with E-state index in [9.17, 15) is 4.79 Å². The number of rotatable bonds is 12. The maximum Gasteiger partial charge on any atom is 0.282 e. The first-order valence-electron chi connectivity index (χ1n) is 12.2. The molecule has 0 radical (unpaired) electrons. The van der Waals surface area contributed by atoms with Gasteiger partial charge in [0.25, 0.3) is 5.56 Å². The fourth-order valence-corrected chi connectivity index (χ4v) is 4.04. The lowest BCUT2D eigenvalue weighted by molar-refractivity contribution is 0.201. The predicted octanol–water partition coefficient (Wildman–Crippen LogP) is 6.69. The molecule has 186 valence electrons. The van der Waals surface area contributed by atoms with Gasteiger partial charge >= 0.3 is 0 Å². The van der Waals surface area contributed by atoms with Gasteiger partial charge < -0.3 is 9.47 Å². The van der Waals surface area contributed by atoms with Crippen molar-refractivity contribution in [1.29, 1.82) is 0 Å². The van der Waals surface area contributed by atoms with Crippen LogP contribution in [0.15, 0.2) is 57.4 Å². The average Bonchev–Trinajstić information content (AvgIpc) is 2.84. The first-order valence-corrected chi connectivity index (χ1v) is 13.0. The molecule has 2 aromatic carbocycles. The Labute approximate surface area is 215 Å². The van der Waals surface area contributed by atoms with E-state index < -0.39 is 0 Å². The number of aryl methyl sites for hydroxylation is 1. The summed E-state index contributed by atoms with van der Waals surface area (Å²) in [7, 11) is 0. The standard InChI is InChI=1S/C28H34BrN3O3/c1-6-10-12-26-31-24-14-13-22(29)17-23(24)28(33)32(26)30-18-20-15-21(11-7-2)27(35-19(5)8-3)25(16-20)34-9-4/h7,13-19H,2,6,8-12H2,1,3-5H3/t19-/m1/s1. The maximum atomic E-state index is 13.4. The second-order valence-corrected chi connectivity index (χ2v) is 9.34. The summed E-state index contributed by atoms with van der Waals surface area (Å²) in [6, 6.07) is 9.45. The van der Waals surface area contributed by atoms with Crippen molar-refractivity contribution >= 4 is 33.0 Å². The van der Waals surface area contributed by atoms with E-state index in [0.717, 1.165) is 40.6 Å². The number of unbranched alkanes of at least 4 members (excludes halogenated alkanes) is 1. The minimum absolute atomic E-state index is 0.0555. The molecule has 0 unspecified atom stereocenters. The molecule has 0 aliphatic rings. The summed E-state index contributed by atoms with van der Waals surface area (Å²) in [5.74, 6) is 2.04. The summed E-state index contributed by atoms with van der Waals surface area (Å²) in [6.07, 6.45) is 7.68. The van der Waals surface area contributed by atoms with E-state index in [2.05, 4.69) is 41.5 Å². The van der Waals surface area contributed by atoms with Crippen LogP contribution in [-0.2, 0) is 12.8 Å². The third-order valence-corrected chi connectivity index (χ3v) is 6.16. The van der Waals surface area contributed by atoms with E-state index in [1.165, 1.54) is 4.68 Å². The lowest BCUT2D eigenvalue weighted by Crippen LogP contribution is -2.22. The van der Waals surface area contributed by atoms with Gasteiger partial charge in [-0.25, -0.2) is 4.98 Å². The highest BCUT2D eigenvalue weighted by Gasteiger charge is 2.16. The van der Waals surface area contributed by atoms with Gasteiger partial charge in [0, 0.05) is 16.5 Å². The van der Waals surface area contributed by atoms with Gasteiger partial charge in [-0.05, 0) is 69.0 Å². The van der Waals surface area contributed by atoms with Crippen LogP contribution in [0.25, 0.3) is 10.9 Å². The molecule has 0 bridgehead atoms. The third kappa shape index (κ3) is 6.60. The van der Waals surface area contributed by atoms with Crippen LogP contribution in [0.3, 0.4) is 0 Å². The summed E-state index contributed by atoms with van der Waals surface area (Å²) in [5, 5.41) is 5.12. The van der Waals surface area contributed by atoms with Gasteiger partial charge in [0.2, 0.25) is 0 Å². The van der Waals surface area contributed by atoms with Crippen molar-refractivity contribution in [3.63, 3.8) is 0 Å². The number of hydrogen-bond acceptors (Lipinski definition) is 5.